The van der Waals surface area contributed by atoms with Crippen LogP contribution in [0, 0.1) is 0 Å². The summed E-state index contributed by atoms with van der Waals surface area (Å²) < 4.78 is 2.38. The highest BCUT2D eigenvalue weighted by Crippen LogP contribution is 2.42. The van der Waals surface area contributed by atoms with Gasteiger partial charge >= 0.3 is 0 Å². The van der Waals surface area contributed by atoms with Gasteiger partial charge in [0.1, 0.15) is 0 Å². The van der Waals surface area contributed by atoms with Crippen LogP contribution in [0.1, 0.15) is 0 Å². The highest BCUT2D eigenvalue weighted by Gasteiger charge is 2.18. The normalized spacial score (nSPS) is 11.2. The van der Waals surface area contributed by atoms with Gasteiger partial charge in [0.2, 0.25) is 0 Å². The summed E-state index contributed by atoms with van der Waals surface area (Å²) in [5.41, 5.74) is 13.6. The molecule has 0 aliphatic carbocycles. The van der Waals surface area contributed by atoms with Crippen molar-refractivity contribution in [3.8, 4) is 39.1 Å². The van der Waals surface area contributed by atoms with Gasteiger partial charge in [-0.1, -0.05) is 109 Å². The van der Waals surface area contributed by atoms with Crippen molar-refractivity contribution in [3.63, 3.8) is 0 Å². The van der Waals surface area contributed by atoms with Crippen LogP contribution in [-0.2, 0) is 0 Å². The maximum Gasteiger partial charge on any atom is 0.0645 e. The predicted octanol–water partition coefficient (Wildman–Crippen LogP) is 12.9. The summed E-state index contributed by atoms with van der Waals surface area (Å²) in [6, 6.07) is 64.6. The SMILES string of the molecule is Sc1ccccc1-c1cccc(-n2c3ccccc3c3cc(-c4cccc(-c5ccccc5N(c5ccccc5)c5cccnc5)c4)ccc32)c1. The molecule has 0 saturated heterocycles. The molecule has 0 aliphatic rings. The molecule has 9 aromatic rings. The van der Waals surface area contributed by atoms with Crippen molar-refractivity contribution < 1.29 is 0 Å². The molecule has 3 nitrogen and oxygen atoms in total. The second-order valence-corrected chi connectivity index (χ2v) is 13.1. The number of anilines is 3. The van der Waals surface area contributed by atoms with E-state index in [4.69, 9.17) is 12.6 Å². The first-order chi connectivity index (χ1) is 25.2. The topological polar surface area (TPSA) is 21.1 Å². The maximum atomic E-state index is 4.75. The molecule has 2 aromatic heterocycles. The third-order valence-electron chi connectivity index (χ3n) is 9.56. The minimum absolute atomic E-state index is 0.969. The first kappa shape index (κ1) is 30.7. The van der Waals surface area contributed by atoms with E-state index in [2.05, 4.69) is 172 Å². The zero-order chi connectivity index (χ0) is 34.1. The summed E-state index contributed by atoms with van der Waals surface area (Å²) in [4.78, 5) is 7.70. The van der Waals surface area contributed by atoms with Crippen molar-refractivity contribution in [3.05, 3.63) is 194 Å². The van der Waals surface area contributed by atoms with E-state index in [0.29, 0.717) is 0 Å². The molecule has 0 unspecified atom stereocenters. The summed E-state index contributed by atoms with van der Waals surface area (Å²) in [6.07, 6.45) is 3.73. The van der Waals surface area contributed by atoms with Gasteiger partial charge in [0, 0.05) is 38.8 Å². The third kappa shape index (κ3) is 5.66. The summed E-state index contributed by atoms with van der Waals surface area (Å²) >= 11 is 4.75. The van der Waals surface area contributed by atoms with Gasteiger partial charge in [0.05, 0.1) is 28.6 Å². The Morgan fingerprint density at radius 3 is 1.96 bits per heavy atom. The molecule has 0 radical (unpaired) electrons. The highest BCUT2D eigenvalue weighted by molar-refractivity contribution is 7.80. The largest absolute Gasteiger partial charge is 0.309 e. The lowest BCUT2D eigenvalue weighted by Crippen LogP contribution is -2.11. The zero-order valence-corrected chi connectivity index (χ0v) is 28.7. The number of para-hydroxylation sites is 3. The van der Waals surface area contributed by atoms with Crippen LogP contribution in [-0.4, -0.2) is 9.55 Å². The molecule has 0 amide bonds. The average molecular weight is 672 g/mol. The number of aromatic nitrogens is 2. The summed E-state index contributed by atoms with van der Waals surface area (Å²) in [7, 11) is 0. The quantitative estimate of drug-likeness (QED) is 0.170. The fraction of sp³-hybridized carbons (Fsp3) is 0. The third-order valence-corrected chi connectivity index (χ3v) is 9.95. The van der Waals surface area contributed by atoms with E-state index < -0.39 is 0 Å². The fourth-order valence-corrected chi connectivity index (χ4v) is 7.52. The van der Waals surface area contributed by atoms with Gasteiger partial charge in [0.25, 0.3) is 0 Å². The van der Waals surface area contributed by atoms with Crippen molar-refractivity contribution >= 4 is 51.5 Å². The Bertz CT molecular complexity index is 2620. The molecule has 0 fully saturated rings. The van der Waals surface area contributed by atoms with Crippen LogP contribution in [0.3, 0.4) is 0 Å². The first-order valence-electron chi connectivity index (χ1n) is 17.1. The Labute approximate surface area is 303 Å². The van der Waals surface area contributed by atoms with Gasteiger partial charge in [-0.25, -0.2) is 0 Å². The second kappa shape index (κ2) is 13.2. The lowest BCUT2D eigenvalue weighted by atomic mass is 9.96. The zero-order valence-electron chi connectivity index (χ0n) is 27.8. The van der Waals surface area contributed by atoms with E-state index in [1.807, 2.05) is 36.7 Å². The molecule has 2 heterocycles. The van der Waals surface area contributed by atoms with Crippen LogP contribution in [0.4, 0.5) is 17.1 Å². The van der Waals surface area contributed by atoms with Crippen LogP contribution < -0.4 is 4.90 Å². The molecule has 51 heavy (non-hydrogen) atoms. The number of thiol groups is 1. The minimum atomic E-state index is 0.969. The molecule has 4 heteroatoms. The fourth-order valence-electron chi connectivity index (χ4n) is 7.23. The summed E-state index contributed by atoms with van der Waals surface area (Å²) in [5.74, 6) is 0. The van der Waals surface area contributed by atoms with E-state index in [-0.39, 0.29) is 0 Å². The van der Waals surface area contributed by atoms with Crippen LogP contribution in [0.15, 0.2) is 199 Å². The summed E-state index contributed by atoms with van der Waals surface area (Å²) in [5, 5.41) is 2.45. The van der Waals surface area contributed by atoms with Gasteiger partial charge in [0.15, 0.2) is 0 Å². The molecular weight excluding hydrogens is 639 g/mol. The van der Waals surface area contributed by atoms with E-state index >= 15 is 0 Å². The van der Waals surface area contributed by atoms with Crippen molar-refractivity contribution in [2.45, 2.75) is 4.90 Å². The van der Waals surface area contributed by atoms with Crippen LogP contribution in [0.2, 0.25) is 0 Å². The highest BCUT2D eigenvalue weighted by atomic mass is 32.1. The van der Waals surface area contributed by atoms with Crippen LogP contribution in [0.5, 0.6) is 0 Å². The smallest absolute Gasteiger partial charge is 0.0645 e. The number of nitrogens with zero attached hydrogens (tertiary/aromatic N) is 3. The van der Waals surface area contributed by atoms with Gasteiger partial charge < -0.3 is 9.47 Å². The van der Waals surface area contributed by atoms with Crippen LogP contribution >= 0.6 is 12.6 Å². The van der Waals surface area contributed by atoms with E-state index in [1.54, 1.807) is 0 Å². The number of hydrogen-bond donors (Lipinski definition) is 1. The van der Waals surface area contributed by atoms with Crippen molar-refractivity contribution in [2.75, 3.05) is 4.90 Å². The molecule has 0 saturated carbocycles. The van der Waals surface area contributed by atoms with E-state index in [1.165, 1.54) is 32.9 Å². The first-order valence-corrected chi connectivity index (χ1v) is 17.5. The lowest BCUT2D eigenvalue weighted by molar-refractivity contribution is 1.18. The number of rotatable bonds is 7. The Hall–Kier alpha value is -6.36. The summed E-state index contributed by atoms with van der Waals surface area (Å²) in [6.45, 7) is 0. The molecular formula is C47H33N3S. The molecule has 0 bridgehead atoms. The molecule has 9 rings (SSSR count). The van der Waals surface area contributed by atoms with Crippen molar-refractivity contribution in [2.24, 2.45) is 0 Å². The molecule has 0 N–H and O–H groups in total. The molecule has 0 aliphatic heterocycles. The van der Waals surface area contributed by atoms with Gasteiger partial charge in [-0.05, 0) is 101 Å². The van der Waals surface area contributed by atoms with Gasteiger partial charge in [-0.15, -0.1) is 12.6 Å². The minimum Gasteiger partial charge on any atom is -0.309 e. The monoisotopic (exact) mass is 671 g/mol. The average Bonchev–Trinajstić information content (AvgIpc) is 3.53. The molecule has 0 atom stereocenters. The molecule has 7 aromatic carbocycles. The standard InChI is InChI=1S/C47H33N3S/c51-47-25-9-6-21-41(47)36-15-11-18-38(30-36)50-45-24-8-5-22-42(45)43-31-34(26-27-46(43)50)33-13-10-14-35(29-33)40-20-4-7-23-44(40)49(37-16-2-1-3-17-37)39-19-12-28-48-32-39/h1-32,51H. The molecule has 0 spiro atoms. The van der Waals surface area contributed by atoms with Gasteiger partial charge in [-0.2, -0.15) is 0 Å². The Morgan fingerprint density at radius 2 is 1.12 bits per heavy atom. The van der Waals surface area contributed by atoms with E-state index in [0.717, 1.165) is 49.9 Å². The number of benzene rings is 7. The Balaban J connectivity index is 1.16. The number of fused-ring (bicyclic) bond motifs is 3. The Morgan fingerprint density at radius 1 is 0.451 bits per heavy atom. The Kier molecular flexibility index (Phi) is 7.92. The second-order valence-electron chi connectivity index (χ2n) is 12.6. The molecule has 242 valence electrons. The van der Waals surface area contributed by atoms with E-state index in [9.17, 15) is 0 Å². The lowest BCUT2D eigenvalue weighted by Gasteiger charge is -2.27. The number of pyridine rings is 1. The predicted molar refractivity (Wildman–Crippen MR) is 217 cm³/mol. The van der Waals surface area contributed by atoms with Crippen molar-refractivity contribution in [1.29, 1.82) is 0 Å². The maximum absolute atomic E-state index is 4.75. The van der Waals surface area contributed by atoms with Gasteiger partial charge in [-0.3, -0.25) is 4.98 Å². The van der Waals surface area contributed by atoms with Crippen molar-refractivity contribution in [1.82, 2.24) is 9.55 Å². The number of hydrogen-bond acceptors (Lipinski definition) is 3. The van der Waals surface area contributed by atoms with Crippen LogP contribution in [0.25, 0.3) is 60.9 Å².